The maximum Gasteiger partial charge on any atom is 0.261 e. The molecule has 1 aliphatic carbocycles. The molecule has 25 heavy (non-hydrogen) atoms. The van der Waals surface area contributed by atoms with Crippen molar-refractivity contribution < 1.29 is 14.1 Å². The lowest BCUT2D eigenvalue weighted by molar-refractivity contribution is -0.129. The first-order valence-corrected chi connectivity index (χ1v) is 9.33. The van der Waals surface area contributed by atoms with E-state index >= 15 is 0 Å². The minimum atomic E-state index is -0.168. The van der Waals surface area contributed by atoms with Crippen LogP contribution in [-0.2, 0) is 24.2 Å². The fraction of sp³-hybridized carbons (Fsp3) is 0.500. The first kappa shape index (κ1) is 17.7. The maximum absolute atomic E-state index is 12.3. The molecule has 0 fully saturated rings. The van der Waals surface area contributed by atoms with E-state index in [0.29, 0.717) is 17.2 Å². The molecule has 2 aromatic heterocycles. The van der Waals surface area contributed by atoms with Crippen LogP contribution in [0.15, 0.2) is 10.6 Å². The van der Waals surface area contributed by atoms with Gasteiger partial charge in [0.05, 0.1) is 23.7 Å². The maximum atomic E-state index is 12.3. The average molecular weight is 361 g/mol. The quantitative estimate of drug-likeness (QED) is 0.888. The van der Waals surface area contributed by atoms with E-state index in [9.17, 15) is 9.59 Å². The fourth-order valence-corrected chi connectivity index (χ4v) is 4.20. The Labute approximate surface area is 151 Å². The van der Waals surface area contributed by atoms with Gasteiger partial charge in [-0.2, -0.15) is 0 Å². The van der Waals surface area contributed by atoms with Gasteiger partial charge >= 0.3 is 0 Å². The molecule has 0 saturated heterocycles. The Kier molecular flexibility index (Phi) is 5.22. The Morgan fingerprint density at radius 1 is 1.32 bits per heavy atom. The topological polar surface area (TPSA) is 75.4 Å². The van der Waals surface area contributed by atoms with Crippen molar-refractivity contribution in [1.82, 2.24) is 15.4 Å². The van der Waals surface area contributed by atoms with Crippen LogP contribution < -0.4 is 5.32 Å². The normalized spacial score (nSPS) is 13.4. The van der Waals surface area contributed by atoms with E-state index in [1.807, 2.05) is 19.9 Å². The third-order valence-corrected chi connectivity index (χ3v) is 5.86. The summed E-state index contributed by atoms with van der Waals surface area (Å²) in [7, 11) is 1.71. The van der Waals surface area contributed by atoms with E-state index < -0.39 is 0 Å². The summed E-state index contributed by atoms with van der Waals surface area (Å²) >= 11 is 1.55. The summed E-state index contributed by atoms with van der Waals surface area (Å²) in [6.07, 6.45) is 4.50. The molecule has 0 spiro atoms. The largest absolute Gasteiger partial charge is 0.361 e. The Bertz CT molecular complexity index is 751. The predicted molar refractivity (Wildman–Crippen MR) is 95.7 cm³/mol. The lowest BCUT2D eigenvalue weighted by Crippen LogP contribution is -2.37. The van der Waals surface area contributed by atoms with E-state index in [-0.39, 0.29) is 18.4 Å². The summed E-state index contributed by atoms with van der Waals surface area (Å²) in [4.78, 5) is 28.2. The molecule has 2 heterocycles. The second kappa shape index (κ2) is 7.39. The molecule has 3 rings (SSSR count). The van der Waals surface area contributed by atoms with E-state index in [0.717, 1.165) is 24.1 Å². The van der Waals surface area contributed by atoms with Gasteiger partial charge in [0.2, 0.25) is 5.91 Å². The number of hydrogen-bond acceptors (Lipinski definition) is 5. The van der Waals surface area contributed by atoms with Crippen molar-refractivity contribution in [1.29, 1.82) is 0 Å². The highest BCUT2D eigenvalue weighted by Crippen LogP contribution is 2.29. The molecule has 0 aromatic carbocycles. The van der Waals surface area contributed by atoms with Gasteiger partial charge in [-0.3, -0.25) is 9.59 Å². The lowest BCUT2D eigenvalue weighted by Gasteiger charge is -2.17. The van der Waals surface area contributed by atoms with Crippen molar-refractivity contribution in [2.45, 2.75) is 46.1 Å². The number of nitrogens with one attached hydrogen (secondary N) is 1. The Balaban J connectivity index is 1.54. The van der Waals surface area contributed by atoms with Crippen LogP contribution in [0.3, 0.4) is 0 Å². The zero-order valence-corrected chi connectivity index (χ0v) is 15.7. The third kappa shape index (κ3) is 3.92. The van der Waals surface area contributed by atoms with Crippen LogP contribution in [0.5, 0.6) is 0 Å². The number of nitrogens with zero attached hydrogens (tertiary/aromatic N) is 2. The average Bonchev–Trinajstić information content (AvgIpc) is 3.17. The smallest absolute Gasteiger partial charge is 0.261 e. The van der Waals surface area contributed by atoms with Gasteiger partial charge in [0, 0.05) is 17.5 Å². The summed E-state index contributed by atoms with van der Waals surface area (Å²) in [5.41, 5.74) is 2.99. The van der Waals surface area contributed by atoms with Crippen LogP contribution in [0.1, 0.15) is 50.0 Å². The van der Waals surface area contributed by atoms with E-state index in [4.69, 9.17) is 4.52 Å². The highest BCUT2D eigenvalue weighted by Gasteiger charge is 2.19. The van der Waals surface area contributed by atoms with Gasteiger partial charge in [0.25, 0.3) is 5.91 Å². The van der Waals surface area contributed by atoms with Crippen LogP contribution >= 0.6 is 11.3 Å². The van der Waals surface area contributed by atoms with Crippen molar-refractivity contribution in [3.63, 3.8) is 0 Å². The number of hydrogen-bond donors (Lipinski definition) is 1. The number of amides is 2. The Hall–Kier alpha value is -2.15. The molecule has 0 aliphatic heterocycles. The molecule has 1 N–H and O–H groups in total. The van der Waals surface area contributed by atoms with Crippen molar-refractivity contribution >= 4 is 23.2 Å². The standard InChI is InChI=1S/C18H23N3O3S/c1-11-14(12(2)24-20-11)10-21(3)17(22)9-19-18(23)16-8-13-6-4-5-7-15(13)25-16/h8H,4-7,9-10H2,1-3H3,(H,19,23). The number of carbonyl (C=O) groups is 2. The molecule has 0 saturated carbocycles. The van der Waals surface area contributed by atoms with Gasteiger partial charge in [-0.05, 0) is 51.2 Å². The number of likely N-dealkylation sites (N-methyl/N-ethyl adjacent to an activating group) is 1. The second-order valence-electron chi connectivity index (χ2n) is 6.50. The molecule has 1 aliphatic rings. The van der Waals surface area contributed by atoms with Gasteiger partial charge in [-0.25, -0.2) is 0 Å². The molecule has 0 bridgehead atoms. The van der Waals surface area contributed by atoms with E-state index in [1.165, 1.54) is 23.3 Å². The molecular formula is C18H23N3O3S. The summed E-state index contributed by atoms with van der Waals surface area (Å²) in [6.45, 7) is 4.09. The lowest BCUT2D eigenvalue weighted by atomic mass is 9.99. The molecule has 2 aromatic rings. The Morgan fingerprint density at radius 3 is 2.76 bits per heavy atom. The second-order valence-corrected chi connectivity index (χ2v) is 7.64. The number of aromatic nitrogens is 1. The summed E-state index contributed by atoms with van der Waals surface area (Å²) < 4.78 is 5.12. The molecule has 0 radical (unpaired) electrons. The molecule has 0 unspecified atom stereocenters. The summed E-state index contributed by atoms with van der Waals surface area (Å²) in [6, 6.07) is 1.98. The van der Waals surface area contributed by atoms with Crippen LogP contribution in [0.4, 0.5) is 0 Å². The highest BCUT2D eigenvalue weighted by atomic mass is 32.1. The minimum absolute atomic E-state index is 0.0126. The highest BCUT2D eigenvalue weighted by molar-refractivity contribution is 7.14. The molecule has 2 amide bonds. The Morgan fingerprint density at radius 2 is 2.08 bits per heavy atom. The van der Waals surface area contributed by atoms with Crippen molar-refractivity contribution in [2.75, 3.05) is 13.6 Å². The predicted octanol–water partition coefficient (Wildman–Crippen LogP) is 2.62. The first-order chi connectivity index (χ1) is 12.0. The molecule has 0 atom stereocenters. The summed E-state index contributed by atoms with van der Waals surface area (Å²) in [5, 5.41) is 6.63. The molecular weight excluding hydrogens is 338 g/mol. The van der Waals surface area contributed by atoms with E-state index in [1.54, 1.807) is 23.3 Å². The molecule has 134 valence electrons. The van der Waals surface area contributed by atoms with Gasteiger partial charge in [-0.15, -0.1) is 11.3 Å². The van der Waals surface area contributed by atoms with Gasteiger partial charge in [0.15, 0.2) is 0 Å². The monoisotopic (exact) mass is 361 g/mol. The zero-order chi connectivity index (χ0) is 18.0. The fourth-order valence-electron chi connectivity index (χ4n) is 3.03. The number of aryl methyl sites for hydroxylation is 4. The van der Waals surface area contributed by atoms with Crippen LogP contribution in [0.25, 0.3) is 0 Å². The number of carbonyl (C=O) groups excluding carboxylic acids is 2. The zero-order valence-electron chi connectivity index (χ0n) is 14.8. The van der Waals surface area contributed by atoms with E-state index in [2.05, 4.69) is 10.5 Å². The van der Waals surface area contributed by atoms with Crippen LogP contribution in [0.2, 0.25) is 0 Å². The van der Waals surface area contributed by atoms with Crippen molar-refractivity contribution in [3.05, 3.63) is 38.4 Å². The third-order valence-electron chi connectivity index (χ3n) is 4.62. The molecule has 7 heteroatoms. The molecule has 6 nitrogen and oxygen atoms in total. The van der Waals surface area contributed by atoms with Crippen LogP contribution in [0, 0.1) is 13.8 Å². The number of rotatable bonds is 5. The van der Waals surface area contributed by atoms with Gasteiger partial charge in [0.1, 0.15) is 5.76 Å². The van der Waals surface area contributed by atoms with Gasteiger partial charge < -0.3 is 14.7 Å². The first-order valence-electron chi connectivity index (χ1n) is 8.51. The van der Waals surface area contributed by atoms with Crippen molar-refractivity contribution in [2.24, 2.45) is 0 Å². The number of thiophene rings is 1. The van der Waals surface area contributed by atoms with Crippen LogP contribution in [-0.4, -0.2) is 35.5 Å². The van der Waals surface area contributed by atoms with Crippen molar-refractivity contribution in [3.8, 4) is 0 Å². The number of fused-ring (bicyclic) bond motifs is 1. The SMILES string of the molecule is Cc1noc(C)c1CN(C)C(=O)CNC(=O)c1cc2c(s1)CCCC2. The summed E-state index contributed by atoms with van der Waals surface area (Å²) in [5.74, 6) is 0.401. The minimum Gasteiger partial charge on any atom is -0.361 e. The van der Waals surface area contributed by atoms with Gasteiger partial charge in [-0.1, -0.05) is 5.16 Å².